The molecule has 2 amide bonds. The molecule has 0 saturated carbocycles. The number of aromatic nitrogens is 3. The maximum Gasteiger partial charge on any atom is 0.319 e. The van der Waals surface area contributed by atoms with Gasteiger partial charge in [0.1, 0.15) is 23.3 Å². The van der Waals surface area contributed by atoms with Crippen molar-refractivity contribution < 1.29 is 4.79 Å². The van der Waals surface area contributed by atoms with Gasteiger partial charge >= 0.3 is 6.03 Å². The first-order chi connectivity index (χ1) is 14.0. The molecular weight excluding hydrogens is 366 g/mol. The number of pyridine rings is 1. The SMILES string of the molecule is Cc1ccc(NC(=O)NCCNc2cc(Nc3ccccn3)nc(C)n2)c(C)c1. The summed E-state index contributed by atoms with van der Waals surface area (Å²) in [6, 6.07) is 13.1. The van der Waals surface area contributed by atoms with Gasteiger partial charge in [0, 0.05) is 31.0 Å². The molecule has 0 fully saturated rings. The monoisotopic (exact) mass is 391 g/mol. The van der Waals surface area contributed by atoms with Crippen LogP contribution in [0.4, 0.5) is 27.9 Å². The van der Waals surface area contributed by atoms with E-state index in [9.17, 15) is 4.79 Å². The predicted octanol–water partition coefficient (Wildman–Crippen LogP) is 3.77. The topological polar surface area (TPSA) is 104 Å². The van der Waals surface area contributed by atoms with Crippen molar-refractivity contribution in [2.45, 2.75) is 20.8 Å². The van der Waals surface area contributed by atoms with Gasteiger partial charge in [0.25, 0.3) is 0 Å². The number of anilines is 4. The van der Waals surface area contributed by atoms with Gasteiger partial charge in [-0.2, -0.15) is 0 Å². The molecule has 0 radical (unpaired) electrons. The Morgan fingerprint density at radius 3 is 2.52 bits per heavy atom. The van der Waals surface area contributed by atoms with E-state index in [1.807, 2.05) is 57.2 Å². The van der Waals surface area contributed by atoms with E-state index >= 15 is 0 Å². The Kier molecular flexibility index (Phi) is 6.57. The minimum Gasteiger partial charge on any atom is -0.368 e. The molecule has 0 saturated heterocycles. The maximum absolute atomic E-state index is 12.1. The van der Waals surface area contributed by atoms with E-state index in [0.717, 1.165) is 16.8 Å². The van der Waals surface area contributed by atoms with E-state index in [0.29, 0.717) is 36.4 Å². The Morgan fingerprint density at radius 1 is 0.931 bits per heavy atom. The minimum atomic E-state index is -0.241. The summed E-state index contributed by atoms with van der Waals surface area (Å²) in [6.07, 6.45) is 1.71. The first-order valence-corrected chi connectivity index (χ1v) is 9.39. The number of hydrogen-bond acceptors (Lipinski definition) is 6. The van der Waals surface area contributed by atoms with Gasteiger partial charge in [-0.05, 0) is 44.5 Å². The van der Waals surface area contributed by atoms with E-state index in [-0.39, 0.29) is 6.03 Å². The highest BCUT2D eigenvalue weighted by Gasteiger charge is 2.05. The summed E-state index contributed by atoms with van der Waals surface area (Å²) in [5.74, 6) is 2.67. The highest BCUT2D eigenvalue weighted by atomic mass is 16.2. The van der Waals surface area contributed by atoms with Crippen molar-refractivity contribution in [2.24, 2.45) is 0 Å². The molecule has 0 spiro atoms. The molecule has 0 aliphatic carbocycles. The van der Waals surface area contributed by atoms with Crippen molar-refractivity contribution in [3.63, 3.8) is 0 Å². The summed E-state index contributed by atoms with van der Waals surface area (Å²) >= 11 is 0. The van der Waals surface area contributed by atoms with Crippen LogP contribution < -0.4 is 21.3 Å². The lowest BCUT2D eigenvalue weighted by molar-refractivity contribution is 0.252. The molecule has 3 rings (SSSR count). The van der Waals surface area contributed by atoms with Crippen LogP contribution in [0.15, 0.2) is 48.7 Å². The molecule has 150 valence electrons. The maximum atomic E-state index is 12.1. The van der Waals surface area contributed by atoms with Crippen molar-refractivity contribution in [2.75, 3.05) is 29.0 Å². The number of urea groups is 1. The second kappa shape index (κ2) is 9.50. The lowest BCUT2D eigenvalue weighted by Crippen LogP contribution is -2.33. The lowest BCUT2D eigenvalue weighted by atomic mass is 10.1. The first-order valence-electron chi connectivity index (χ1n) is 9.39. The molecule has 8 heteroatoms. The van der Waals surface area contributed by atoms with Crippen molar-refractivity contribution in [3.05, 3.63) is 65.6 Å². The van der Waals surface area contributed by atoms with E-state index in [1.165, 1.54) is 0 Å². The number of hydrogen-bond donors (Lipinski definition) is 4. The number of benzene rings is 1. The van der Waals surface area contributed by atoms with E-state index in [1.54, 1.807) is 12.3 Å². The fraction of sp³-hybridized carbons (Fsp3) is 0.238. The molecule has 3 aromatic rings. The first kappa shape index (κ1) is 20.1. The van der Waals surface area contributed by atoms with Crippen LogP contribution in [0.1, 0.15) is 17.0 Å². The predicted molar refractivity (Wildman–Crippen MR) is 116 cm³/mol. The Morgan fingerprint density at radius 2 is 1.76 bits per heavy atom. The van der Waals surface area contributed by atoms with Gasteiger partial charge in [-0.25, -0.2) is 19.7 Å². The van der Waals surface area contributed by atoms with Crippen LogP contribution in [-0.2, 0) is 0 Å². The van der Waals surface area contributed by atoms with E-state index in [2.05, 4.69) is 36.2 Å². The molecule has 8 nitrogen and oxygen atoms in total. The van der Waals surface area contributed by atoms with Gasteiger partial charge in [0.05, 0.1) is 0 Å². The molecule has 0 unspecified atom stereocenters. The van der Waals surface area contributed by atoms with Crippen molar-refractivity contribution in [3.8, 4) is 0 Å². The molecule has 4 N–H and O–H groups in total. The third-order valence-electron chi connectivity index (χ3n) is 4.11. The summed E-state index contributed by atoms with van der Waals surface area (Å²) in [7, 11) is 0. The number of nitrogens with zero attached hydrogens (tertiary/aromatic N) is 3. The Balaban J connectivity index is 1.48. The van der Waals surface area contributed by atoms with Crippen molar-refractivity contribution >= 4 is 29.2 Å². The zero-order valence-electron chi connectivity index (χ0n) is 16.8. The molecule has 0 atom stereocenters. The number of nitrogens with one attached hydrogen (secondary N) is 4. The zero-order valence-corrected chi connectivity index (χ0v) is 16.8. The van der Waals surface area contributed by atoms with Crippen LogP contribution in [-0.4, -0.2) is 34.1 Å². The molecule has 0 bridgehead atoms. The normalized spacial score (nSPS) is 10.3. The number of carbonyl (C=O) groups is 1. The molecule has 2 aromatic heterocycles. The fourth-order valence-electron chi connectivity index (χ4n) is 2.78. The van der Waals surface area contributed by atoms with Crippen LogP contribution in [0.5, 0.6) is 0 Å². The van der Waals surface area contributed by atoms with Gasteiger partial charge in [-0.15, -0.1) is 0 Å². The standard InChI is InChI=1S/C21H25N7O/c1-14-7-8-17(15(2)12-14)27-21(29)24-11-10-23-19-13-20(26-16(3)25-19)28-18-6-4-5-9-22-18/h4-9,12-13H,10-11H2,1-3H3,(H2,24,27,29)(H2,22,23,25,26,28). The Bertz CT molecular complexity index is 976. The number of rotatable bonds is 7. The average molecular weight is 391 g/mol. The van der Waals surface area contributed by atoms with Crippen molar-refractivity contribution in [1.82, 2.24) is 20.3 Å². The summed E-state index contributed by atoms with van der Waals surface area (Å²) < 4.78 is 0. The van der Waals surface area contributed by atoms with Crippen LogP contribution >= 0.6 is 0 Å². The van der Waals surface area contributed by atoms with Gasteiger partial charge in [-0.1, -0.05) is 23.8 Å². The minimum absolute atomic E-state index is 0.241. The van der Waals surface area contributed by atoms with Gasteiger partial charge in [0.2, 0.25) is 0 Å². The van der Waals surface area contributed by atoms with Crippen LogP contribution in [0.2, 0.25) is 0 Å². The average Bonchev–Trinajstić information content (AvgIpc) is 2.68. The highest BCUT2D eigenvalue weighted by Crippen LogP contribution is 2.16. The largest absolute Gasteiger partial charge is 0.368 e. The molecule has 0 aliphatic rings. The van der Waals surface area contributed by atoms with Crippen molar-refractivity contribution in [1.29, 1.82) is 0 Å². The Hall–Kier alpha value is -3.68. The number of amides is 2. The second-order valence-electron chi connectivity index (χ2n) is 6.65. The zero-order chi connectivity index (χ0) is 20.6. The fourth-order valence-corrected chi connectivity index (χ4v) is 2.78. The molecule has 0 aliphatic heterocycles. The quantitative estimate of drug-likeness (QED) is 0.457. The lowest BCUT2D eigenvalue weighted by Gasteiger charge is -2.12. The second-order valence-corrected chi connectivity index (χ2v) is 6.65. The smallest absolute Gasteiger partial charge is 0.319 e. The number of aryl methyl sites for hydroxylation is 3. The van der Waals surface area contributed by atoms with Gasteiger partial charge in [-0.3, -0.25) is 0 Å². The molecule has 2 heterocycles. The summed E-state index contributed by atoms with van der Waals surface area (Å²) in [5.41, 5.74) is 3.00. The highest BCUT2D eigenvalue weighted by molar-refractivity contribution is 5.90. The summed E-state index contributed by atoms with van der Waals surface area (Å²) in [5, 5.41) is 12.0. The Labute approximate surface area is 170 Å². The van der Waals surface area contributed by atoms with Gasteiger partial charge < -0.3 is 21.3 Å². The summed E-state index contributed by atoms with van der Waals surface area (Å²) in [4.78, 5) is 25.0. The van der Waals surface area contributed by atoms with E-state index in [4.69, 9.17) is 0 Å². The third-order valence-corrected chi connectivity index (χ3v) is 4.11. The summed E-state index contributed by atoms with van der Waals surface area (Å²) in [6.45, 7) is 6.79. The van der Waals surface area contributed by atoms with Crippen LogP contribution in [0, 0.1) is 20.8 Å². The third kappa shape index (κ3) is 6.17. The van der Waals surface area contributed by atoms with E-state index < -0.39 is 0 Å². The number of carbonyl (C=O) groups excluding carboxylic acids is 1. The van der Waals surface area contributed by atoms with Crippen LogP contribution in [0.25, 0.3) is 0 Å². The molecule has 1 aromatic carbocycles. The molecular formula is C21H25N7O. The van der Waals surface area contributed by atoms with Crippen LogP contribution in [0.3, 0.4) is 0 Å². The van der Waals surface area contributed by atoms with Gasteiger partial charge in [0.15, 0.2) is 0 Å². The molecule has 29 heavy (non-hydrogen) atoms.